The second kappa shape index (κ2) is 6.06. The average molecular weight is 341 g/mol. The van der Waals surface area contributed by atoms with Crippen LogP contribution in [0.15, 0.2) is 30.3 Å². The van der Waals surface area contributed by atoms with Gasteiger partial charge in [0.05, 0.1) is 6.54 Å². The van der Waals surface area contributed by atoms with Crippen molar-refractivity contribution in [3.05, 3.63) is 41.6 Å². The number of alkyl halides is 3. The highest BCUT2D eigenvalue weighted by atomic mass is 19.4. The molecule has 1 aliphatic rings. The van der Waals surface area contributed by atoms with Crippen LogP contribution >= 0.6 is 0 Å². The van der Waals surface area contributed by atoms with E-state index in [0.717, 1.165) is 0 Å². The van der Waals surface area contributed by atoms with E-state index in [0.29, 0.717) is 19.0 Å². The number of ether oxygens (including phenoxy) is 2. The Balaban J connectivity index is 1.74. The van der Waals surface area contributed by atoms with Crippen LogP contribution in [0.1, 0.15) is 16.1 Å². The van der Waals surface area contributed by atoms with Gasteiger partial charge < -0.3 is 14.4 Å². The summed E-state index contributed by atoms with van der Waals surface area (Å²) in [6.45, 7) is 1.03. The quantitative estimate of drug-likeness (QED) is 0.857. The topological polar surface area (TPSA) is 56.6 Å². The molecule has 0 aliphatic carbocycles. The first-order valence-corrected chi connectivity index (χ1v) is 7.13. The Labute approximate surface area is 135 Å². The standard InChI is InChI=1S/C15H14F3N3O3/c1-20(14(22)11-8-13-21(19-11)6-7-23-13)9-10-4-2-3-5-12(10)24-15(16,17)18/h2-5,8H,6-7,9H2,1H3. The van der Waals surface area contributed by atoms with Crippen LogP contribution in [-0.2, 0) is 13.1 Å². The molecule has 2 aromatic rings. The van der Waals surface area contributed by atoms with Gasteiger partial charge in [0.15, 0.2) is 5.69 Å². The summed E-state index contributed by atoms with van der Waals surface area (Å²) in [7, 11) is 1.48. The maximum atomic E-state index is 12.4. The van der Waals surface area contributed by atoms with Gasteiger partial charge in [0, 0.05) is 25.2 Å². The Bertz CT molecular complexity index is 736. The molecular formula is C15H14F3N3O3. The Morgan fingerprint density at radius 3 is 2.88 bits per heavy atom. The van der Waals surface area contributed by atoms with E-state index < -0.39 is 12.3 Å². The minimum atomic E-state index is -4.79. The molecule has 0 spiro atoms. The minimum absolute atomic E-state index is 0.0475. The molecule has 0 N–H and O–H groups in total. The fourth-order valence-electron chi connectivity index (χ4n) is 2.40. The predicted octanol–water partition coefficient (Wildman–Crippen LogP) is 2.45. The Hall–Kier alpha value is -2.71. The lowest BCUT2D eigenvalue weighted by molar-refractivity contribution is -0.275. The number of aromatic nitrogens is 2. The number of benzene rings is 1. The SMILES string of the molecule is CN(Cc1ccccc1OC(F)(F)F)C(=O)c1cc2n(n1)CCO2. The van der Waals surface area contributed by atoms with Crippen molar-refractivity contribution in [3.63, 3.8) is 0 Å². The van der Waals surface area contributed by atoms with Crippen molar-refractivity contribution in [1.29, 1.82) is 0 Å². The average Bonchev–Trinajstić information content (AvgIpc) is 3.08. The van der Waals surface area contributed by atoms with E-state index in [9.17, 15) is 18.0 Å². The number of amides is 1. The lowest BCUT2D eigenvalue weighted by Gasteiger charge is -2.19. The molecule has 0 fully saturated rings. The van der Waals surface area contributed by atoms with Crippen LogP contribution in [0.25, 0.3) is 0 Å². The van der Waals surface area contributed by atoms with E-state index in [2.05, 4.69) is 9.84 Å². The smallest absolute Gasteiger partial charge is 0.476 e. The summed E-state index contributed by atoms with van der Waals surface area (Å²) in [6.07, 6.45) is -4.79. The molecule has 1 amide bonds. The van der Waals surface area contributed by atoms with E-state index in [1.807, 2.05) is 0 Å². The summed E-state index contributed by atoms with van der Waals surface area (Å²) in [4.78, 5) is 13.7. The summed E-state index contributed by atoms with van der Waals surface area (Å²) in [6, 6.07) is 7.21. The molecule has 1 aromatic carbocycles. The Morgan fingerprint density at radius 2 is 2.17 bits per heavy atom. The van der Waals surface area contributed by atoms with Crippen molar-refractivity contribution in [2.75, 3.05) is 13.7 Å². The first kappa shape index (κ1) is 16.2. The van der Waals surface area contributed by atoms with Crippen LogP contribution in [0.5, 0.6) is 11.6 Å². The molecule has 0 saturated heterocycles. The molecular weight excluding hydrogens is 327 g/mol. The van der Waals surface area contributed by atoms with Gasteiger partial charge in [0.2, 0.25) is 5.88 Å². The van der Waals surface area contributed by atoms with Gasteiger partial charge in [-0.05, 0) is 6.07 Å². The molecule has 0 radical (unpaired) electrons. The Morgan fingerprint density at radius 1 is 1.42 bits per heavy atom. The molecule has 0 unspecified atom stereocenters. The monoisotopic (exact) mass is 341 g/mol. The fraction of sp³-hybridized carbons (Fsp3) is 0.333. The predicted molar refractivity (Wildman–Crippen MR) is 76.6 cm³/mol. The van der Waals surface area contributed by atoms with Crippen LogP contribution < -0.4 is 9.47 Å². The molecule has 3 rings (SSSR count). The van der Waals surface area contributed by atoms with Crippen LogP contribution in [0, 0.1) is 0 Å². The normalized spacial score (nSPS) is 13.3. The maximum absolute atomic E-state index is 12.4. The van der Waals surface area contributed by atoms with Crippen molar-refractivity contribution in [3.8, 4) is 11.6 Å². The first-order valence-electron chi connectivity index (χ1n) is 7.13. The van der Waals surface area contributed by atoms with Gasteiger partial charge >= 0.3 is 6.36 Å². The van der Waals surface area contributed by atoms with Gasteiger partial charge in [-0.1, -0.05) is 18.2 Å². The number of hydrogen-bond acceptors (Lipinski definition) is 4. The number of halogens is 3. The third-order valence-corrected chi connectivity index (χ3v) is 3.47. The summed E-state index contributed by atoms with van der Waals surface area (Å²) < 4.78 is 48.2. The van der Waals surface area contributed by atoms with E-state index in [-0.39, 0.29) is 23.6 Å². The summed E-state index contributed by atoms with van der Waals surface area (Å²) >= 11 is 0. The van der Waals surface area contributed by atoms with Crippen molar-refractivity contribution in [1.82, 2.24) is 14.7 Å². The van der Waals surface area contributed by atoms with Gasteiger partial charge in [-0.3, -0.25) is 4.79 Å². The van der Waals surface area contributed by atoms with Gasteiger partial charge in [0.25, 0.3) is 5.91 Å². The molecule has 24 heavy (non-hydrogen) atoms. The molecule has 6 nitrogen and oxygen atoms in total. The van der Waals surface area contributed by atoms with Crippen molar-refractivity contribution in [2.24, 2.45) is 0 Å². The molecule has 2 heterocycles. The number of para-hydroxylation sites is 1. The van der Waals surface area contributed by atoms with Crippen LogP contribution in [0.3, 0.4) is 0 Å². The first-order chi connectivity index (χ1) is 11.3. The number of carbonyl (C=O) groups is 1. The second-order valence-electron chi connectivity index (χ2n) is 5.26. The van der Waals surface area contributed by atoms with E-state index in [1.165, 1.54) is 36.2 Å². The molecule has 0 saturated carbocycles. The van der Waals surface area contributed by atoms with E-state index in [4.69, 9.17) is 4.74 Å². The third-order valence-electron chi connectivity index (χ3n) is 3.47. The van der Waals surface area contributed by atoms with Gasteiger partial charge in [-0.25, -0.2) is 4.68 Å². The van der Waals surface area contributed by atoms with Gasteiger partial charge in [0.1, 0.15) is 12.4 Å². The molecule has 1 aliphatic heterocycles. The number of carbonyl (C=O) groups excluding carboxylic acids is 1. The zero-order chi connectivity index (χ0) is 17.3. The molecule has 0 bridgehead atoms. The summed E-state index contributed by atoms with van der Waals surface area (Å²) in [5, 5.41) is 4.12. The largest absolute Gasteiger partial charge is 0.573 e. The molecule has 1 aromatic heterocycles. The Kier molecular flexibility index (Phi) is 4.08. The third kappa shape index (κ3) is 3.44. The highest BCUT2D eigenvalue weighted by molar-refractivity contribution is 5.92. The molecule has 0 atom stereocenters. The van der Waals surface area contributed by atoms with E-state index >= 15 is 0 Å². The van der Waals surface area contributed by atoms with Crippen LogP contribution in [-0.4, -0.2) is 40.6 Å². The van der Waals surface area contributed by atoms with Gasteiger partial charge in [-0.2, -0.15) is 5.10 Å². The van der Waals surface area contributed by atoms with Crippen molar-refractivity contribution in [2.45, 2.75) is 19.5 Å². The van der Waals surface area contributed by atoms with Crippen LogP contribution in [0.2, 0.25) is 0 Å². The van der Waals surface area contributed by atoms with Crippen molar-refractivity contribution < 1.29 is 27.4 Å². The fourth-order valence-corrected chi connectivity index (χ4v) is 2.40. The number of nitrogens with zero attached hydrogens (tertiary/aromatic N) is 3. The lowest BCUT2D eigenvalue weighted by atomic mass is 10.2. The summed E-state index contributed by atoms with van der Waals surface area (Å²) in [5.41, 5.74) is 0.426. The van der Waals surface area contributed by atoms with E-state index in [1.54, 1.807) is 10.7 Å². The molecule has 128 valence electrons. The van der Waals surface area contributed by atoms with Crippen molar-refractivity contribution >= 4 is 5.91 Å². The summed E-state index contributed by atoms with van der Waals surface area (Å²) in [5.74, 6) is -0.241. The van der Waals surface area contributed by atoms with Crippen LogP contribution in [0.4, 0.5) is 13.2 Å². The maximum Gasteiger partial charge on any atom is 0.573 e. The zero-order valence-electron chi connectivity index (χ0n) is 12.7. The highest BCUT2D eigenvalue weighted by Crippen LogP contribution is 2.27. The lowest BCUT2D eigenvalue weighted by Crippen LogP contribution is -2.27. The number of rotatable bonds is 4. The minimum Gasteiger partial charge on any atom is -0.476 e. The number of fused-ring (bicyclic) bond motifs is 1. The zero-order valence-corrected chi connectivity index (χ0v) is 12.7. The molecule has 9 heteroatoms. The number of hydrogen-bond donors (Lipinski definition) is 0. The van der Waals surface area contributed by atoms with Gasteiger partial charge in [-0.15, -0.1) is 13.2 Å². The highest BCUT2D eigenvalue weighted by Gasteiger charge is 2.32. The second-order valence-corrected chi connectivity index (χ2v) is 5.26.